The van der Waals surface area contributed by atoms with Gasteiger partial charge in [-0.3, -0.25) is 9.36 Å². The van der Waals surface area contributed by atoms with Crippen LogP contribution in [0.1, 0.15) is 25.7 Å². The highest BCUT2D eigenvalue weighted by atomic mass is 16.5. The molecule has 0 aliphatic carbocycles. The number of carbonyl (C=O) groups excluding carboxylic acids is 1. The molecule has 0 spiro atoms. The van der Waals surface area contributed by atoms with Crippen molar-refractivity contribution in [3.63, 3.8) is 0 Å². The second-order valence-corrected chi connectivity index (χ2v) is 6.37. The van der Waals surface area contributed by atoms with Crippen LogP contribution in [0, 0.1) is 0 Å². The first-order chi connectivity index (χ1) is 12.3. The molecule has 1 atom stereocenters. The van der Waals surface area contributed by atoms with Gasteiger partial charge < -0.3 is 10.1 Å². The van der Waals surface area contributed by atoms with Crippen LogP contribution in [0.5, 0.6) is 0 Å². The van der Waals surface area contributed by atoms with Crippen LogP contribution in [0.25, 0.3) is 16.7 Å². The van der Waals surface area contributed by atoms with E-state index in [2.05, 4.69) is 10.3 Å². The second-order valence-electron chi connectivity index (χ2n) is 6.37. The molecule has 5 heteroatoms. The maximum atomic E-state index is 12.1. The molecule has 0 radical (unpaired) electrons. The molecule has 1 unspecified atom stereocenters. The number of aromatic nitrogens is 2. The van der Waals surface area contributed by atoms with E-state index in [1.165, 1.54) is 0 Å². The van der Waals surface area contributed by atoms with Crippen LogP contribution < -0.4 is 5.32 Å². The zero-order valence-electron chi connectivity index (χ0n) is 14.0. The maximum Gasteiger partial charge on any atom is 0.224 e. The van der Waals surface area contributed by atoms with Gasteiger partial charge in [0.25, 0.3) is 0 Å². The molecule has 0 saturated carbocycles. The summed E-state index contributed by atoms with van der Waals surface area (Å²) in [6.07, 6.45) is 5.55. The molecule has 1 fully saturated rings. The van der Waals surface area contributed by atoms with Gasteiger partial charge in [-0.1, -0.05) is 12.1 Å². The van der Waals surface area contributed by atoms with Gasteiger partial charge in [0.2, 0.25) is 5.91 Å². The standard InChI is InChI=1S/C20H21N3O2/c24-20(12-11-17-4-3-13-25-17)22-15-7-9-16(10-8-15)23-14-21-18-5-1-2-6-19(18)23/h1-2,5-10,14,17H,3-4,11-13H2,(H,22,24). The van der Waals surface area contributed by atoms with Crippen molar-refractivity contribution in [2.24, 2.45) is 0 Å². The number of imidazole rings is 1. The van der Waals surface area contributed by atoms with Crippen LogP contribution >= 0.6 is 0 Å². The summed E-state index contributed by atoms with van der Waals surface area (Å²) < 4.78 is 7.60. The van der Waals surface area contributed by atoms with Gasteiger partial charge in [-0.15, -0.1) is 0 Å². The summed E-state index contributed by atoms with van der Waals surface area (Å²) in [7, 11) is 0. The van der Waals surface area contributed by atoms with Crippen molar-refractivity contribution < 1.29 is 9.53 Å². The summed E-state index contributed by atoms with van der Waals surface area (Å²) in [5.41, 5.74) is 3.86. The van der Waals surface area contributed by atoms with E-state index in [0.29, 0.717) is 6.42 Å². The SMILES string of the molecule is O=C(CCC1CCCO1)Nc1ccc(-n2cnc3ccccc32)cc1. The number of ether oxygens (including phenoxy) is 1. The number of hydrogen-bond donors (Lipinski definition) is 1. The zero-order valence-corrected chi connectivity index (χ0v) is 14.0. The number of benzene rings is 2. The van der Waals surface area contributed by atoms with Crippen molar-refractivity contribution in [2.75, 3.05) is 11.9 Å². The molecule has 128 valence electrons. The highest BCUT2D eigenvalue weighted by Gasteiger charge is 2.16. The predicted molar refractivity (Wildman–Crippen MR) is 97.9 cm³/mol. The summed E-state index contributed by atoms with van der Waals surface area (Å²) in [5, 5.41) is 2.96. The second kappa shape index (κ2) is 7.07. The van der Waals surface area contributed by atoms with Gasteiger partial charge in [0.1, 0.15) is 6.33 Å². The Labute approximate surface area is 146 Å². The van der Waals surface area contributed by atoms with E-state index in [1.54, 1.807) is 0 Å². The molecule has 1 aromatic heterocycles. The number of rotatable bonds is 5. The maximum absolute atomic E-state index is 12.1. The van der Waals surface area contributed by atoms with Gasteiger partial charge in [-0.05, 0) is 55.7 Å². The minimum Gasteiger partial charge on any atom is -0.378 e. The van der Waals surface area contributed by atoms with E-state index < -0.39 is 0 Å². The third-order valence-electron chi connectivity index (χ3n) is 4.60. The Morgan fingerprint density at radius 2 is 2.04 bits per heavy atom. The number of fused-ring (bicyclic) bond motifs is 1. The molecule has 1 amide bonds. The number of para-hydroxylation sites is 2. The van der Waals surface area contributed by atoms with Crippen molar-refractivity contribution in [3.8, 4) is 5.69 Å². The zero-order chi connectivity index (χ0) is 17.1. The van der Waals surface area contributed by atoms with E-state index in [-0.39, 0.29) is 12.0 Å². The van der Waals surface area contributed by atoms with E-state index in [9.17, 15) is 4.79 Å². The van der Waals surface area contributed by atoms with Crippen molar-refractivity contribution in [1.29, 1.82) is 0 Å². The first-order valence-corrected chi connectivity index (χ1v) is 8.73. The molecule has 25 heavy (non-hydrogen) atoms. The van der Waals surface area contributed by atoms with E-state index in [1.807, 2.05) is 59.4 Å². The lowest BCUT2D eigenvalue weighted by molar-refractivity contribution is -0.116. The van der Waals surface area contributed by atoms with Crippen LogP contribution in [0.15, 0.2) is 54.9 Å². The van der Waals surface area contributed by atoms with Gasteiger partial charge in [0.15, 0.2) is 0 Å². The molecule has 0 bridgehead atoms. The summed E-state index contributed by atoms with van der Waals surface area (Å²) in [6.45, 7) is 0.830. The normalized spacial score (nSPS) is 17.0. The summed E-state index contributed by atoms with van der Waals surface area (Å²) in [5.74, 6) is 0.0383. The van der Waals surface area contributed by atoms with Gasteiger partial charge >= 0.3 is 0 Å². The molecule has 1 aliphatic rings. The van der Waals surface area contributed by atoms with Crippen LogP contribution in [0.2, 0.25) is 0 Å². The third kappa shape index (κ3) is 3.56. The number of anilines is 1. The predicted octanol–water partition coefficient (Wildman–Crippen LogP) is 3.92. The summed E-state index contributed by atoms with van der Waals surface area (Å²) >= 11 is 0. The molecule has 1 saturated heterocycles. The molecule has 1 N–H and O–H groups in total. The summed E-state index contributed by atoms with van der Waals surface area (Å²) in [4.78, 5) is 16.5. The van der Waals surface area contributed by atoms with Gasteiger partial charge in [-0.25, -0.2) is 4.98 Å². The van der Waals surface area contributed by atoms with Gasteiger partial charge in [0.05, 0.1) is 17.1 Å². The number of hydrogen-bond acceptors (Lipinski definition) is 3. The number of carbonyl (C=O) groups is 1. The minimum absolute atomic E-state index is 0.0383. The lowest BCUT2D eigenvalue weighted by Gasteiger charge is -2.10. The topological polar surface area (TPSA) is 56.1 Å². The Balaban J connectivity index is 1.40. The lowest BCUT2D eigenvalue weighted by Crippen LogP contribution is -2.15. The Hall–Kier alpha value is -2.66. The fourth-order valence-corrected chi connectivity index (χ4v) is 3.26. The highest BCUT2D eigenvalue weighted by molar-refractivity contribution is 5.90. The largest absolute Gasteiger partial charge is 0.378 e. The fraction of sp³-hybridized carbons (Fsp3) is 0.300. The smallest absolute Gasteiger partial charge is 0.224 e. The monoisotopic (exact) mass is 335 g/mol. The Kier molecular flexibility index (Phi) is 4.48. The first-order valence-electron chi connectivity index (χ1n) is 8.73. The third-order valence-corrected chi connectivity index (χ3v) is 4.60. The average Bonchev–Trinajstić information content (AvgIpc) is 3.30. The van der Waals surface area contributed by atoms with Crippen molar-refractivity contribution >= 4 is 22.6 Å². The van der Waals surface area contributed by atoms with Crippen molar-refractivity contribution in [1.82, 2.24) is 9.55 Å². The molecular formula is C20H21N3O2. The first kappa shape index (κ1) is 15.8. The molecule has 4 rings (SSSR count). The molecule has 1 aliphatic heterocycles. The Bertz CT molecular complexity index is 864. The molecular weight excluding hydrogens is 314 g/mol. The van der Waals surface area contributed by atoms with E-state index in [0.717, 1.165) is 48.3 Å². The number of nitrogens with zero attached hydrogens (tertiary/aromatic N) is 2. The van der Waals surface area contributed by atoms with Crippen molar-refractivity contribution in [2.45, 2.75) is 31.8 Å². The Morgan fingerprint density at radius 1 is 1.20 bits per heavy atom. The van der Waals surface area contributed by atoms with Gasteiger partial charge in [-0.2, -0.15) is 0 Å². The van der Waals surface area contributed by atoms with Gasteiger partial charge in [0, 0.05) is 24.4 Å². The number of nitrogens with one attached hydrogen (secondary N) is 1. The lowest BCUT2D eigenvalue weighted by atomic mass is 10.1. The van der Waals surface area contributed by atoms with Crippen LogP contribution in [0.3, 0.4) is 0 Å². The minimum atomic E-state index is 0.0383. The molecule has 3 aromatic rings. The molecule has 2 heterocycles. The highest BCUT2D eigenvalue weighted by Crippen LogP contribution is 2.20. The quantitative estimate of drug-likeness (QED) is 0.769. The molecule has 2 aromatic carbocycles. The van der Waals surface area contributed by atoms with Crippen LogP contribution in [0.4, 0.5) is 5.69 Å². The van der Waals surface area contributed by atoms with Crippen LogP contribution in [-0.2, 0) is 9.53 Å². The van der Waals surface area contributed by atoms with E-state index in [4.69, 9.17) is 4.74 Å². The van der Waals surface area contributed by atoms with E-state index >= 15 is 0 Å². The number of amides is 1. The average molecular weight is 335 g/mol. The summed E-state index contributed by atoms with van der Waals surface area (Å²) in [6, 6.07) is 15.9. The molecule has 5 nitrogen and oxygen atoms in total. The van der Waals surface area contributed by atoms with Crippen molar-refractivity contribution in [3.05, 3.63) is 54.9 Å². The van der Waals surface area contributed by atoms with Crippen LogP contribution in [-0.4, -0.2) is 28.2 Å². The Morgan fingerprint density at radius 3 is 2.84 bits per heavy atom. The fourth-order valence-electron chi connectivity index (χ4n) is 3.26.